The van der Waals surface area contributed by atoms with Crippen LogP contribution in [0.2, 0.25) is 0 Å². The molecule has 0 bridgehead atoms. The van der Waals surface area contributed by atoms with E-state index < -0.39 is 29.3 Å². The fraction of sp³-hybridized carbons (Fsp3) is 0.533. The highest BCUT2D eigenvalue weighted by molar-refractivity contribution is 5.90. The van der Waals surface area contributed by atoms with Gasteiger partial charge in [0.2, 0.25) is 0 Å². The molecule has 0 radical (unpaired) electrons. The average Bonchev–Trinajstić information content (AvgIpc) is 2.35. The second-order valence-corrected chi connectivity index (χ2v) is 6.19. The van der Waals surface area contributed by atoms with Crippen molar-refractivity contribution < 1.29 is 23.1 Å². The van der Waals surface area contributed by atoms with E-state index in [1.807, 2.05) is 20.8 Å². The number of hydrogen-bond acceptors (Lipinski definition) is 2. The molecule has 0 heterocycles. The minimum absolute atomic E-state index is 0.00728. The van der Waals surface area contributed by atoms with E-state index in [9.17, 15) is 23.1 Å². The normalized spacial score (nSPS) is 13.6. The van der Waals surface area contributed by atoms with E-state index in [0.717, 1.165) is 6.07 Å². The molecule has 4 nitrogen and oxygen atoms in total. The van der Waals surface area contributed by atoms with Crippen LogP contribution < -0.4 is 10.6 Å². The Labute approximate surface area is 127 Å². The molecule has 3 N–H and O–H groups in total. The van der Waals surface area contributed by atoms with E-state index in [0.29, 0.717) is 0 Å². The third kappa shape index (κ3) is 4.91. The van der Waals surface area contributed by atoms with E-state index in [2.05, 4.69) is 10.6 Å². The van der Waals surface area contributed by atoms with E-state index in [-0.39, 0.29) is 17.8 Å². The van der Waals surface area contributed by atoms with Crippen LogP contribution in [0.1, 0.15) is 31.9 Å². The zero-order chi connectivity index (χ0) is 17.1. The lowest BCUT2D eigenvalue weighted by atomic mass is 9.89. The number of amides is 2. The summed E-state index contributed by atoms with van der Waals surface area (Å²) in [5.74, 6) is 0. The van der Waals surface area contributed by atoms with Gasteiger partial charge in [-0.1, -0.05) is 26.8 Å². The fourth-order valence-electron chi connectivity index (χ4n) is 1.74. The van der Waals surface area contributed by atoms with E-state index in [4.69, 9.17) is 0 Å². The first-order chi connectivity index (χ1) is 9.93. The molecule has 124 valence electrons. The van der Waals surface area contributed by atoms with Gasteiger partial charge >= 0.3 is 12.2 Å². The van der Waals surface area contributed by atoms with Crippen LogP contribution in [-0.4, -0.2) is 23.8 Å². The zero-order valence-corrected chi connectivity index (χ0v) is 13.0. The summed E-state index contributed by atoms with van der Waals surface area (Å²) in [6, 6.07) is 2.92. The number of halogens is 3. The number of anilines is 1. The maximum absolute atomic E-state index is 12.8. The minimum Gasteiger partial charge on any atom is -0.391 e. The Morgan fingerprint density at radius 3 is 2.36 bits per heavy atom. The molecule has 0 spiro atoms. The van der Waals surface area contributed by atoms with Crippen LogP contribution >= 0.6 is 0 Å². The molecule has 0 aromatic heterocycles. The molecule has 0 aliphatic carbocycles. The predicted molar refractivity (Wildman–Crippen MR) is 78.7 cm³/mol. The highest BCUT2D eigenvalue weighted by atomic mass is 19.4. The third-order valence-electron chi connectivity index (χ3n) is 3.34. The molecule has 0 aliphatic heterocycles. The van der Waals surface area contributed by atoms with Crippen molar-refractivity contribution in [1.82, 2.24) is 5.32 Å². The first-order valence-corrected chi connectivity index (χ1v) is 6.82. The Morgan fingerprint density at radius 2 is 1.86 bits per heavy atom. The standard InChI is InChI=1S/C15H21F3N2O2/c1-9-10(15(16,17)18)6-5-7-11(9)20-13(22)19-8-12(21)14(2,3)4/h5-7,12,21H,8H2,1-4H3,(H2,19,20,22). The number of aliphatic hydroxyl groups is 1. The molecule has 0 saturated carbocycles. The van der Waals surface area contributed by atoms with E-state index in [1.54, 1.807) is 0 Å². The van der Waals surface area contributed by atoms with Gasteiger partial charge in [-0.2, -0.15) is 13.2 Å². The quantitative estimate of drug-likeness (QED) is 0.798. The first-order valence-electron chi connectivity index (χ1n) is 6.82. The maximum Gasteiger partial charge on any atom is 0.416 e. The second-order valence-electron chi connectivity index (χ2n) is 6.19. The Hall–Kier alpha value is -1.76. The Morgan fingerprint density at radius 1 is 1.27 bits per heavy atom. The van der Waals surface area contributed by atoms with Crippen molar-refractivity contribution in [3.63, 3.8) is 0 Å². The molecule has 0 fully saturated rings. The number of nitrogens with one attached hydrogen (secondary N) is 2. The highest BCUT2D eigenvalue weighted by Crippen LogP contribution is 2.34. The monoisotopic (exact) mass is 318 g/mol. The van der Waals surface area contributed by atoms with Crippen molar-refractivity contribution in [2.75, 3.05) is 11.9 Å². The number of alkyl halides is 3. The van der Waals surface area contributed by atoms with Gasteiger partial charge in [-0.15, -0.1) is 0 Å². The van der Waals surface area contributed by atoms with Gasteiger partial charge in [0.15, 0.2) is 0 Å². The van der Waals surface area contributed by atoms with Crippen molar-refractivity contribution in [1.29, 1.82) is 0 Å². The van der Waals surface area contributed by atoms with Gasteiger partial charge in [-0.05, 0) is 30.0 Å². The summed E-state index contributed by atoms with van der Waals surface area (Å²) in [7, 11) is 0. The van der Waals surface area contributed by atoms with E-state index in [1.165, 1.54) is 19.1 Å². The number of benzene rings is 1. The number of urea groups is 1. The smallest absolute Gasteiger partial charge is 0.391 e. The molecule has 1 aromatic carbocycles. The van der Waals surface area contributed by atoms with Gasteiger partial charge in [-0.3, -0.25) is 0 Å². The van der Waals surface area contributed by atoms with Crippen molar-refractivity contribution >= 4 is 11.7 Å². The van der Waals surface area contributed by atoms with Gasteiger partial charge in [-0.25, -0.2) is 4.79 Å². The summed E-state index contributed by atoms with van der Waals surface area (Å²) >= 11 is 0. The number of rotatable bonds is 3. The third-order valence-corrected chi connectivity index (χ3v) is 3.34. The number of hydrogen-bond donors (Lipinski definition) is 3. The molecule has 7 heteroatoms. The van der Waals surface area contributed by atoms with Crippen molar-refractivity contribution in [3.8, 4) is 0 Å². The lowest BCUT2D eigenvalue weighted by molar-refractivity contribution is -0.138. The van der Waals surface area contributed by atoms with E-state index >= 15 is 0 Å². The van der Waals surface area contributed by atoms with Crippen molar-refractivity contribution in [2.45, 2.75) is 40.0 Å². The molecular formula is C15H21F3N2O2. The largest absolute Gasteiger partial charge is 0.416 e. The molecule has 2 amide bonds. The fourth-order valence-corrected chi connectivity index (χ4v) is 1.74. The summed E-state index contributed by atoms with van der Waals surface area (Å²) in [6.07, 6.45) is -5.23. The summed E-state index contributed by atoms with van der Waals surface area (Å²) in [5.41, 5.74) is -1.17. The van der Waals surface area contributed by atoms with Crippen molar-refractivity contribution in [3.05, 3.63) is 29.3 Å². The number of aliphatic hydroxyl groups excluding tert-OH is 1. The van der Waals surface area contributed by atoms with Crippen molar-refractivity contribution in [2.24, 2.45) is 5.41 Å². The van der Waals surface area contributed by atoms with Crippen LogP contribution in [0.3, 0.4) is 0 Å². The summed E-state index contributed by atoms with van der Waals surface area (Å²) in [5, 5.41) is 14.6. The topological polar surface area (TPSA) is 61.4 Å². The Bertz CT molecular complexity index is 537. The van der Waals surface area contributed by atoms with Crippen LogP contribution in [0.25, 0.3) is 0 Å². The van der Waals surface area contributed by atoms with Crippen LogP contribution in [0.15, 0.2) is 18.2 Å². The lowest BCUT2D eigenvalue weighted by Crippen LogP contribution is -2.41. The van der Waals surface area contributed by atoms with Gasteiger partial charge in [0.05, 0.1) is 11.7 Å². The SMILES string of the molecule is Cc1c(NC(=O)NCC(O)C(C)(C)C)cccc1C(F)(F)F. The molecule has 0 saturated heterocycles. The lowest BCUT2D eigenvalue weighted by Gasteiger charge is -2.26. The molecule has 1 rings (SSSR count). The first kappa shape index (κ1) is 18.3. The van der Waals surface area contributed by atoms with Crippen LogP contribution in [0.4, 0.5) is 23.7 Å². The molecule has 1 aromatic rings. The maximum atomic E-state index is 12.8. The average molecular weight is 318 g/mol. The summed E-state index contributed by atoms with van der Waals surface area (Å²) in [6.45, 7) is 6.74. The van der Waals surface area contributed by atoms with Crippen LogP contribution in [0, 0.1) is 12.3 Å². The molecule has 1 atom stereocenters. The number of carbonyl (C=O) groups is 1. The van der Waals surface area contributed by atoms with Crippen LogP contribution in [0.5, 0.6) is 0 Å². The van der Waals surface area contributed by atoms with Gasteiger partial charge < -0.3 is 15.7 Å². The highest BCUT2D eigenvalue weighted by Gasteiger charge is 2.33. The molecular weight excluding hydrogens is 297 g/mol. The predicted octanol–water partition coefficient (Wildman–Crippen LogP) is 3.54. The van der Waals surface area contributed by atoms with Gasteiger partial charge in [0.1, 0.15) is 0 Å². The molecule has 22 heavy (non-hydrogen) atoms. The second kappa shape index (κ2) is 6.56. The molecule has 1 unspecified atom stereocenters. The molecule has 0 aliphatic rings. The Kier molecular flexibility index (Phi) is 5.45. The van der Waals surface area contributed by atoms with Crippen LogP contribution in [-0.2, 0) is 6.18 Å². The summed E-state index contributed by atoms with van der Waals surface area (Å²) in [4.78, 5) is 11.7. The van der Waals surface area contributed by atoms with Gasteiger partial charge in [0, 0.05) is 12.2 Å². The Balaban J connectivity index is 2.74. The zero-order valence-electron chi connectivity index (χ0n) is 13.0. The minimum atomic E-state index is -4.47. The number of carbonyl (C=O) groups excluding carboxylic acids is 1. The van der Waals surface area contributed by atoms with Gasteiger partial charge in [0.25, 0.3) is 0 Å². The summed E-state index contributed by atoms with van der Waals surface area (Å²) < 4.78 is 38.4.